The van der Waals surface area contributed by atoms with Crippen LogP contribution in [0.2, 0.25) is 0 Å². The number of hydrogen-bond donors (Lipinski definition) is 0. The van der Waals surface area contributed by atoms with Crippen molar-refractivity contribution in [1.29, 1.82) is 0 Å². The van der Waals surface area contributed by atoms with Gasteiger partial charge in [0.2, 0.25) is 0 Å². The first-order valence-corrected chi connectivity index (χ1v) is 11.0. The molecule has 0 saturated carbocycles. The Balaban J connectivity index is -0.000000364. The molecule has 0 N–H and O–H groups in total. The van der Waals surface area contributed by atoms with Crippen LogP contribution in [0.1, 0.15) is 96.8 Å². The molecule has 0 aliphatic rings. The molecule has 0 aromatic heterocycles. The Morgan fingerprint density at radius 1 is 0.786 bits per heavy atom. The molecule has 0 bridgehead atoms. The zero-order valence-corrected chi connectivity index (χ0v) is 23.2. The molecular formula is C19H36Na2O6S. The van der Waals surface area contributed by atoms with Crippen molar-refractivity contribution < 1.29 is 86.2 Å². The number of carbonyl (C=O) groups is 1. The molecule has 6 nitrogen and oxygen atoms in total. The van der Waals surface area contributed by atoms with Crippen LogP contribution in [0.25, 0.3) is 0 Å². The Kier molecular flexibility index (Phi) is 36.6. The quantitative estimate of drug-likeness (QED) is 0.0800. The van der Waals surface area contributed by atoms with Crippen LogP contribution in [0, 0.1) is 0 Å². The minimum atomic E-state index is -5.17. The third-order valence-electron chi connectivity index (χ3n) is 3.87. The number of unbranched alkanes of at least 4 members (excludes halogenated alkanes) is 11. The Morgan fingerprint density at radius 2 is 1.14 bits per heavy atom. The number of carbonyl (C=O) groups excluding carboxylic acids is 1. The van der Waals surface area contributed by atoms with Gasteiger partial charge in [-0.2, -0.15) is 0 Å². The van der Waals surface area contributed by atoms with Gasteiger partial charge in [-0.25, -0.2) is 0 Å². The molecule has 0 aliphatic carbocycles. The van der Waals surface area contributed by atoms with Gasteiger partial charge in [-0.15, -0.1) is 0 Å². The van der Waals surface area contributed by atoms with Gasteiger partial charge >= 0.3 is 65.1 Å². The maximum Gasteiger partial charge on any atom is 1.00 e. The van der Waals surface area contributed by atoms with Crippen LogP contribution in [0.3, 0.4) is 0 Å². The number of hydrogen-bond acceptors (Lipinski definition) is 6. The van der Waals surface area contributed by atoms with E-state index in [9.17, 15) is 4.79 Å². The summed E-state index contributed by atoms with van der Waals surface area (Å²) in [5.41, 5.74) is 0. The summed E-state index contributed by atoms with van der Waals surface area (Å²) in [5, 5.41) is 0. The standard InChI is InChI=1S/C19H36O2.2Na.H2O4S/c1-3-4-5-6-7-8-9-10-11-12-13-14-15-16-17-18-19(20)21-2;;;1-5(2,3)4/h10-11H,3-9,12-18H2,1-2H3;;;(H2,1,2,3,4)/q;2*+1;/p-2/b11-10-;;;. The van der Waals surface area contributed by atoms with Crippen LogP contribution in [0.15, 0.2) is 12.2 Å². The Bertz CT molecular complexity index is 434. The second-order valence-corrected chi connectivity index (χ2v) is 7.14. The molecule has 0 radical (unpaired) electrons. The first-order chi connectivity index (χ1) is 12.3. The summed E-state index contributed by atoms with van der Waals surface area (Å²) in [7, 11) is -3.71. The Morgan fingerprint density at radius 3 is 1.54 bits per heavy atom. The summed E-state index contributed by atoms with van der Waals surface area (Å²) in [4.78, 5) is 10.9. The van der Waals surface area contributed by atoms with Crippen LogP contribution < -0.4 is 59.1 Å². The summed E-state index contributed by atoms with van der Waals surface area (Å²) in [6.07, 6.45) is 22.0. The van der Waals surface area contributed by atoms with Crippen molar-refractivity contribution >= 4 is 16.4 Å². The Hall–Kier alpha value is 1.08. The molecule has 0 aromatic carbocycles. The van der Waals surface area contributed by atoms with Gasteiger partial charge < -0.3 is 13.8 Å². The minimum Gasteiger partial charge on any atom is -0.759 e. The van der Waals surface area contributed by atoms with Gasteiger partial charge in [-0.05, 0) is 32.1 Å². The van der Waals surface area contributed by atoms with E-state index < -0.39 is 10.4 Å². The van der Waals surface area contributed by atoms with E-state index >= 15 is 0 Å². The van der Waals surface area contributed by atoms with E-state index in [1.54, 1.807) is 0 Å². The van der Waals surface area contributed by atoms with E-state index in [2.05, 4.69) is 23.8 Å². The maximum atomic E-state index is 10.9. The fourth-order valence-corrected chi connectivity index (χ4v) is 2.44. The van der Waals surface area contributed by atoms with E-state index in [0.29, 0.717) is 6.42 Å². The van der Waals surface area contributed by atoms with Gasteiger partial charge in [0, 0.05) is 16.8 Å². The second-order valence-electron chi connectivity index (χ2n) is 6.32. The normalized spacial score (nSPS) is 10.4. The van der Waals surface area contributed by atoms with Gasteiger partial charge in [0.1, 0.15) is 0 Å². The molecule has 0 amide bonds. The molecule has 0 aliphatic heterocycles. The van der Waals surface area contributed by atoms with E-state index in [-0.39, 0.29) is 65.1 Å². The number of methoxy groups -OCH3 is 1. The molecular weight excluding hydrogens is 402 g/mol. The minimum absolute atomic E-state index is 0. The number of allylic oxidation sites excluding steroid dienone is 2. The summed E-state index contributed by atoms with van der Waals surface area (Å²) in [6, 6.07) is 0. The number of ether oxygens (including phenoxy) is 1. The van der Waals surface area contributed by atoms with Crippen LogP contribution in [-0.4, -0.2) is 30.6 Å². The number of esters is 1. The first-order valence-electron chi connectivity index (χ1n) is 9.69. The van der Waals surface area contributed by atoms with Crippen molar-refractivity contribution in [1.82, 2.24) is 0 Å². The largest absolute Gasteiger partial charge is 1.00 e. The molecule has 0 rings (SSSR count). The van der Waals surface area contributed by atoms with Crippen LogP contribution >= 0.6 is 0 Å². The van der Waals surface area contributed by atoms with Crippen LogP contribution in [0.5, 0.6) is 0 Å². The van der Waals surface area contributed by atoms with Crippen molar-refractivity contribution in [3.8, 4) is 0 Å². The van der Waals surface area contributed by atoms with Gasteiger partial charge in [0.15, 0.2) is 0 Å². The maximum absolute atomic E-state index is 10.9. The van der Waals surface area contributed by atoms with Gasteiger partial charge in [0.05, 0.1) is 7.11 Å². The van der Waals surface area contributed by atoms with Crippen molar-refractivity contribution in [2.24, 2.45) is 0 Å². The number of rotatable bonds is 15. The molecule has 0 fully saturated rings. The SMILES string of the molecule is CCCCCCCC/C=C\CCCCCCCC(=O)OC.O=S(=O)([O-])[O-].[Na+].[Na+]. The molecule has 0 saturated heterocycles. The molecule has 0 atom stereocenters. The fourth-order valence-electron chi connectivity index (χ4n) is 2.44. The van der Waals surface area contributed by atoms with Gasteiger partial charge in [-0.3, -0.25) is 13.2 Å². The smallest absolute Gasteiger partial charge is 0.759 e. The summed E-state index contributed by atoms with van der Waals surface area (Å²) in [5.74, 6) is -0.0763. The molecule has 0 spiro atoms. The van der Waals surface area contributed by atoms with Crippen LogP contribution in [-0.2, 0) is 19.9 Å². The first kappa shape index (κ1) is 36.5. The molecule has 9 heteroatoms. The van der Waals surface area contributed by atoms with Crippen molar-refractivity contribution in [2.45, 2.75) is 96.8 Å². The Labute approximate surface area is 216 Å². The van der Waals surface area contributed by atoms with E-state index in [0.717, 1.165) is 12.8 Å². The van der Waals surface area contributed by atoms with Gasteiger partial charge in [-0.1, -0.05) is 70.4 Å². The molecule has 0 aromatic rings. The van der Waals surface area contributed by atoms with E-state index in [4.69, 9.17) is 17.5 Å². The second kappa shape index (κ2) is 28.1. The fraction of sp³-hybridized carbons (Fsp3) is 0.842. The summed E-state index contributed by atoms with van der Waals surface area (Å²) >= 11 is 0. The predicted octanol–water partition coefficient (Wildman–Crippen LogP) is -1.13. The van der Waals surface area contributed by atoms with Crippen molar-refractivity contribution in [3.63, 3.8) is 0 Å². The van der Waals surface area contributed by atoms with E-state index in [1.165, 1.54) is 77.7 Å². The average molecular weight is 439 g/mol. The monoisotopic (exact) mass is 438 g/mol. The predicted molar refractivity (Wildman–Crippen MR) is 102 cm³/mol. The zero-order chi connectivity index (χ0) is 20.1. The average Bonchev–Trinajstić information content (AvgIpc) is 2.56. The van der Waals surface area contributed by atoms with Crippen LogP contribution in [0.4, 0.5) is 0 Å². The molecule has 28 heavy (non-hydrogen) atoms. The third-order valence-corrected chi connectivity index (χ3v) is 3.87. The topological polar surface area (TPSA) is 107 Å². The third kappa shape index (κ3) is 45.7. The van der Waals surface area contributed by atoms with E-state index in [1.807, 2.05) is 0 Å². The molecule has 0 unspecified atom stereocenters. The molecule has 156 valence electrons. The van der Waals surface area contributed by atoms with Crippen molar-refractivity contribution in [2.75, 3.05) is 7.11 Å². The summed E-state index contributed by atoms with van der Waals surface area (Å²) in [6.45, 7) is 2.27. The summed E-state index contributed by atoms with van der Waals surface area (Å²) < 4.78 is 38.7. The van der Waals surface area contributed by atoms with Crippen molar-refractivity contribution in [3.05, 3.63) is 12.2 Å². The molecule has 0 heterocycles. The van der Waals surface area contributed by atoms with Gasteiger partial charge in [0.25, 0.3) is 0 Å². The zero-order valence-electron chi connectivity index (χ0n) is 18.4.